The predicted molar refractivity (Wildman–Crippen MR) is 81.5 cm³/mol. The highest BCUT2D eigenvalue weighted by Gasteiger charge is 2.35. The molecule has 0 aromatic heterocycles. The summed E-state index contributed by atoms with van der Waals surface area (Å²) in [6, 6.07) is 4.90. The molecule has 0 saturated heterocycles. The first-order chi connectivity index (χ1) is 9.95. The highest BCUT2D eigenvalue weighted by molar-refractivity contribution is 6.01. The third kappa shape index (κ3) is 3.32. The van der Waals surface area contributed by atoms with E-state index in [1.54, 1.807) is 19.2 Å². The van der Waals surface area contributed by atoms with Crippen molar-refractivity contribution in [1.82, 2.24) is 4.90 Å². The van der Waals surface area contributed by atoms with E-state index in [9.17, 15) is 14.9 Å². The minimum Gasteiger partial charge on any atom is -0.382 e. The smallest absolute Gasteiger partial charge is 0.293 e. The van der Waals surface area contributed by atoms with Crippen molar-refractivity contribution in [1.29, 1.82) is 0 Å². The zero-order valence-electron chi connectivity index (χ0n) is 12.6. The van der Waals surface area contributed by atoms with Gasteiger partial charge in [-0.3, -0.25) is 14.9 Å². The third-order valence-electron chi connectivity index (χ3n) is 3.53. The van der Waals surface area contributed by atoms with Gasteiger partial charge in [0.05, 0.1) is 10.5 Å². The fourth-order valence-electron chi connectivity index (χ4n) is 2.47. The molecule has 0 radical (unpaired) electrons. The lowest BCUT2D eigenvalue weighted by molar-refractivity contribution is -0.384. The molecule has 0 aliphatic heterocycles. The molecule has 1 aromatic carbocycles. The standard InChI is InChI=1S/C15H21N3O3/c1-10(2)9-17(11-7-8-11)15(19)12-5-4-6-13(18(20)21)14(12)16-3/h4-6,10-11,16H,7-9H2,1-3H3. The summed E-state index contributed by atoms with van der Waals surface area (Å²) < 4.78 is 0. The van der Waals surface area contributed by atoms with Gasteiger partial charge >= 0.3 is 0 Å². The number of nitro benzene ring substituents is 1. The molecule has 6 nitrogen and oxygen atoms in total. The van der Waals surface area contributed by atoms with Gasteiger partial charge in [0.15, 0.2) is 0 Å². The number of carbonyl (C=O) groups is 1. The topological polar surface area (TPSA) is 75.5 Å². The number of nitrogens with one attached hydrogen (secondary N) is 1. The Hall–Kier alpha value is -2.11. The number of hydrogen-bond donors (Lipinski definition) is 1. The molecule has 114 valence electrons. The maximum atomic E-state index is 12.8. The van der Waals surface area contributed by atoms with Crippen LogP contribution in [0.3, 0.4) is 0 Å². The number of carbonyl (C=O) groups excluding carboxylic acids is 1. The molecule has 1 amide bonds. The van der Waals surface area contributed by atoms with E-state index in [4.69, 9.17) is 0 Å². The summed E-state index contributed by atoms with van der Waals surface area (Å²) >= 11 is 0. The van der Waals surface area contributed by atoms with Gasteiger partial charge < -0.3 is 10.2 Å². The second kappa shape index (κ2) is 6.11. The fourth-order valence-corrected chi connectivity index (χ4v) is 2.47. The van der Waals surface area contributed by atoms with E-state index in [1.165, 1.54) is 6.07 Å². The summed E-state index contributed by atoms with van der Waals surface area (Å²) in [5.74, 6) is 0.241. The number of amides is 1. The van der Waals surface area contributed by atoms with Gasteiger partial charge in [-0.05, 0) is 24.8 Å². The van der Waals surface area contributed by atoms with E-state index in [2.05, 4.69) is 19.2 Å². The number of benzene rings is 1. The highest BCUT2D eigenvalue weighted by Crippen LogP contribution is 2.33. The molecule has 2 rings (SSSR count). The van der Waals surface area contributed by atoms with E-state index in [0.29, 0.717) is 23.7 Å². The van der Waals surface area contributed by atoms with Crippen molar-refractivity contribution < 1.29 is 9.72 Å². The van der Waals surface area contributed by atoms with E-state index >= 15 is 0 Å². The average molecular weight is 291 g/mol. The predicted octanol–water partition coefficient (Wildman–Crippen LogP) is 2.90. The van der Waals surface area contributed by atoms with Crippen molar-refractivity contribution in [3.8, 4) is 0 Å². The number of anilines is 1. The number of rotatable bonds is 6. The minimum absolute atomic E-state index is 0.0661. The zero-order valence-corrected chi connectivity index (χ0v) is 12.6. The first-order valence-electron chi connectivity index (χ1n) is 7.21. The quantitative estimate of drug-likeness (QED) is 0.646. The van der Waals surface area contributed by atoms with Crippen LogP contribution in [0.1, 0.15) is 37.0 Å². The molecule has 1 fully saturated rings. The molecule has 1 aliphatic rings. The molecule has 21 heavy (non-hydrogen) atoms. The van der Waals surface area contributed by atoms with E-state index in [-0.39, 0.29) is 17.6 Å². The summed E-state index contributed by atoms with van der Waals surface area (Å²) in [6.45, 7) is 4.81. The molecular formula is C15H21N3O3. The van der Waals surface area contributed by atoms with Crippen molar-refractivity contribution in [2.24, 2.45) is 5.92 Å². The van der Waals surface area contributed by atoms with Gasteiger partial charge in [0.1, 0.15) is 5.69 Å². The van der Waals surface area contributed by atoms with Crippen LogP contribution in [-0.2, 0) is 0 Å². The van der Waals surface area contributed by atoms with E-state index in [1.807, 2.05) is 4.90 Å². The van der Waals surface area contributed by atoms with Crippen LogP contribution in [0.4, 0.5) is 11.4 Å². The number of para-hydroxylation sites is 1. The Kier molecular flexibility index (Phi) is 4.45. The second-order valence-corrected chi connectivity index (χ2v) is 5.79. The molecule has 0 spiro atoms. The molecule has 1 aliphatic carbocycles. The van der Waals surface area contributed by atoms with Gasteiger partial charge in [-0.2, -0.15) is 0 Å². The first-order valence-corrected chi connectivity index (χ1v) is 7.21. The molecule has 0 unspecified atom stereocenters. The van der Waals surface area contributed by atoms with Crippen LogP contribution in [0.25, 0.3) is 0 Å². The maximum Gasteiger partial charge on any atom is 0.293 e. The van der Waals surface area contributed by atoms with Crippen molar-refractivity contribution >= 4 is 17.3 Å². The van der Waals surface area contributed by atoms with E-state index in [0.717, 1.165) is 12.8 Å². The highest BCUT2D eigenvalue weighted by atomic mass is 16.6. The van der Waals surface area contributed by atoms with Gasteiger partial charge in [0.2, 0.25) is 0 Å². The SMILES string of the molecule is CNc1c(C(=O)N(CC(C)C)C2CC2)cccc1[N+](=O)[O-]. The summed E-state index contributed by atoms with van der Waals surface area (Å²) in [5.41, 5.74) is 0.602. The Labute approximate surface area is 124 Å². The Balaban J connectivity index is 2.37. The Morgan fingerprint density at radius 3 is 2.62 bits per heavy atom. The monoisotopic (exact) mass is 291 g/mol. The molecule has 0 atom stereocenters. The van der Waals surface area contributed by atoms with Crippen molar-refractivity contribution in [2.45, 2.75) is 32.7 Å². The van der Waals surface area contributed by atoms with Crippen LogP contribution in [0, 0.1) is 16.0 Å². The lowest BCUT2D eigenvalue weighted by Gasteiger charge is -2.25. The Bertz CT molecular complexity index is 553. The molecule has 1 N–H and O–H groups in total. The van der Waals surface area contributed by atoms with Crippen LogP contribution >= 0.6 is 0 Å². The van der Waals surface area contributed by atoms with Gasteiger partial charge in [0, 0.05) is 25.7 Å². The van der Waals surface area contributed by atoms with E-state index < -0.39 is 4.92 Å². The fraction of sp³-hybridized carbons (Fsp3) is 0.533. The lowest BCUT2D eigenvalue weighted by Crippen LogP contribution is -2.36. The number of hydrogen-bond acceptors (Lipinski definition) is 4. The van der Waals surface area contributed by atoms with Crippen LogP contribution < -0.4 is 5.32 Å². The normalized spacial score (nSPS) is 14.1. The lowest BCUT2D eigenvalue weighted by atomic mass is 10.1. The van der Waals surface area contributed by atoms with Gasteiger partial charge in [-0.15, -0.1) is 0 Å². The first kappa shape index (κ1) is 15.3. The molecule has 6 heteroatoms. The Morgan fingerprint density at radius 2 is 2.14 bits per heavy atom. The second-order valence-electron chi connectivity index (χ2n) is 5.79. The number of nitro groups is 1. The van der Waals surface area contributed by atoms with Crippen molar-refractivity contribution in [3.05, 3.63) is 33.9 Å². The van der Waals surface area contributed by atoms with Crippen molar-refractivity contribution in [3.63, 3.8) is 0 Å². The molecular weight excluding hydrogens is 270 g/mol. The minimum atomic E-state index is -0.466. The van der Waals surface area contributed by atoms with Gasteiger partial charge in [-0.25, -0.2) is 0 Å². The third-order valence-corrected chi connectivity index (χ3v) is 3.53. The summed E-state index contributed by atoms with van der Waals surface area (Å²) in [6.07, 6.45) is 2.03. The molecule has 0 bridgehead atoms. The number of nitrogens with zero attached hydrogens (tertiary/aromatic N) is 2. The Morgan fingerprint density at radius 1 is 1.48 bits per heavy atom. The van der Waals surface area contributed by atoms with Crippen LogP contribution in [0.2, 0.25) is 0 Å². The summed E-state index contributed by atoms with van der Waals surface area (Å²) in [7, 11) is 1.60. The van der Waals surface area contributed by atoms with Crippen LogP contribution in [-0.4, -0.2) is 35.4 Å². The zero-order chi connectivity index (χ0) is 15.6. The summed E-state index contributed by atoms with van der Waals surface area (Å²) in [4.78, 5) is 25.3. The maximum absolute atomic E-state index is 12.8. The van der Waals surface area contributed by atoms with Gasteiger partial charge in [-0.1, -0.05) is 19.9 Å². The largest absolute Gasteiger partial charge is 0.382 e. The molecule has 0 heterocycles. The molecule has 1 aromatic rings. The van der Waals surface area contributed by atoms with Gasteiger partial charge in [0.25, 0.3) is 11.6 Å². The summed E-state index contributed by atoms with van der Waals surface area (Å²) in [5, 5.41) is 13.9. The molecule has 1 saturated carbocycles. The average Bonchev–Trinajstić information content (AvgIpc) is 3.27. The van der Waals surface area contributed by atoms with Crippen LogP contribution in [0.5, 0.6) is 0 Å². The van der Waals surface area contributed by atoms with Crippen LogP contribution in [0.15, 0.2) is 18.2 Å². The van der Waals surface area contributed by atoms with Crippen molar-refractivity contribution in [2.75, 3.05) is 18.9 Å².